The summed E-state index contributed by atoms with van der Waals surface area (Å²) in [6.07, 6.45) is 0. The van der Waals surface area contributed by atoms with E-state index in [-0.39, 0.29) is 23.5 Å². The van der Waals surface area contributed by atoms with Gasteiger partial charge in [0, 0.05) is 11.1 Å². The second kappa shape index (κ2) is 7.53. The Morgan fingerprint density at radius 2 is 0.769 bits per heavy atom. The van der Waals surface area contributed by atoms with E-state index < -0.39 is 0 Å². The van der Waals surface area contributed by atoms with E-state index in [1.165, 1.54) is 0 Å². The van der Waals surface area contributed by atoms with Crippen molar-refractivity contribution in [3.05, 3.63) is 0 Å². The molecule has 0 saturated heterocycles. The van der Waals surface area contributed by atoms with Crippen LogP contribution < -0.4 is 22.5 Å². The van der Waals surface area contributed by atoms with Gasteiger partial charge in [0.1, 0.15) is 0 Å². The Kier molecular flexibility index (Phi) is 10.9. The lowest BCUT2D eigenvalue weighted by atomic mass is 10.1. The van der Waals surface area contributed by atoms with Crippen LogP contribution in [0.3, 0.4) is 0 Å². The van der Waals surface area contributed by atoms with Gasteiger partial charge >= 0.3 is 0 Å². The molecule has 13 heavy (non-hydrogen) atoms. The van der Waals surface area contributed by atoms with Crippen LogP contribution in [0, 0.1) is 0 Å². The average molecular weight is 213 g/mol. The van der Waals surface area contributed by atoms with Gasteiger partial charge in [-0.1, -0.05) is 0 Å². The van der Waals surface area contributed by atoms with Gasteiger partial charge in [0.25, 0.3) is 0 Å². The monoisotopic (exact) mass is 212 g/mol. The number of hydrogen-bond donors (Lipinski definition) is 4. The highest BCUT2D eigenvalue weighted by Gasteiger charge is 2.03. The first-order chi connectivity index (χ1) is 5.12. The molecule has 0 fully saturated rings. The maximum Gasteiger partial charge on any atom is 0.0236 e. The molecule has 0 amide bonds. The van der Waals surface area contributed by atoms with E-state index in [1.54, 1.807) is 0 Å². The molecule has 5 heteroatoms. The molecular weight excluding hydrogens is 188 g/mol. The van der Waals surface area contributed by atoms with E-state index in [1.807, 2.05) is 41.5 Å². The Morgan fingerprint density at radius 1 is 0.692 bits per heavy atom. The molecule has 0 aliphatic carbocycles. The molecule has 0 rings (SSSR count). The Bertz CT molecular complexity index is 89.7. The van der Waals surface area contributed by atoms with Crippen LogP contribution in [0.5, 0.6) is 0 Å². The molecule has 0 unspecified atom stereocenters. The standard InChI is InChI=1S/2C4H12N2.ClH/c2*1-4(2,3)6-5;/h2*6H,5H2,1-3H3;1H. The van der Waals surface area contributed by atoms with E-state index in [0.717, 1.165) is 0 Å². The quantitative estimate of drug-likeness (QED) is 0.356. The minimum Gasteiger partial charge on any atom is -0.271 e. The third-order valence-corrected chi connectivity index (χ3v) is 0.866. The second-order valence-corrected chi connectivity index (χ2v) is 4.79. The molecule has 0 heterocycles. The van der Waals surface area contributed by atoms with E-state index in [9.17, 15) is 0 Å². The fourth-order valence-corrected chi connectivity index (χ4v) is 0. The van der Waals surface area contributed by atoms with Crippen molar-refractivity contribution in [2.75, 3.05) is 0 Å². The first-order valence-corrected chi connectivity index (χ1v) is 4.08. The first kappa shape index (κ1) is 18.8. The minimum atomic E-state index is 0. The number of hydrazine groups is 2. The zero-order valence-corrected chi connectivity index (χ0v) is 10.4. The molecule has 0 aliphatic rings. The highest BCUT2D eigenvalue weighted by Crippen LogP contribution is 1.93. The van der Waals surface area contributed by atoms with Gasteiger partial charge in [-0.3, -0.25) is 22.5 Å². The van der Waals surface area contributed by atoms with Gasteiger partial charge < -0.3 is 0 Å². The summed E-state index contributed by atoms with van der Waals surface area (Å²) in [5.74, 6) is 10.1. The summed E-state index contributed by atoms with van der Waals surface area (Å²) in [6, 6.07) is 0. The van der Waals surface area contributed by atoms with Gasteiger partial charge in [-0.15, -0.1) is 12.4 Å². The molecule has 4 nitrogen and oxygen atoms in total. The minimum absolute atomic E-state index is 0. The van der Waals surface area contributed by atoms with Crippen molar-refractivity contribution in [2.24, 2.45) is 11.7 Å². The molecule has 6 N–H and O–H groups in total. The number of hydrogen-bond acceptors (Lipinski definition) is 4. The van der Waals surface area contributed by atoms with Crippen LogP contribution in [-0.2, 0) is 0 Å². The molecule has 84 valence electrons. The fraction of sp³-hybridized carbons (Fsp3) is 1.00. The largest absolute Gasteiger partial charge is 0.271 e. The normalized spacial score (nSPS) is 11.1. The van der Waals surface area contributed by atoms with Crippen molar-refractivity contribution in [2.45, 2.75) is 52.6 Å². The lowest BCUT2D eigenvalue weighted by Crippen LogP contribution is -2.41. The summed E-state index contributed by atoms with van der Waals surface area (Å²) in [5, 5.41) is 0. The van der Waals surface area contributed by atoms with E-state index >= 15 is 0 Å². The van der Waals surface area contributed by atoms with Crippen LogP contribution in [0.1, 0.15) is 41.5 Å². The molecule has 0 atom stereocenters. The molecule has 0 aromatic heterocycles. The predicted octanol–water partition coefficient (Wildman–Crippen LogP) is 0.918. The summed E-state index contributed by atoms with van der Waals surface area (Å²) in [7, 11) is 0. The third-order valence-electron chi connectivity index (χ3n) is 0.866. The van der Waals surface area contributed by atoms with E-state index in [4.69, 9.17) is 11.7 Å². The molecule has 0 radical (unpaired) electrons. The number of rotatable bonds is 0. The zero-order valence-electron chi connectivity index (χ0n) is 9.56. The first-order valence-electron chi connectivity index (χ1n) is 4.08. The Balaban J connectivity index is -0.000000143. The van der Waals surface area contributed by atoms with Crippen LogP contribution >= 0.6 is 12.4 Å². The average Bonchev–Trinajstić information content (AvgIpc) is 1.86. The highest BCUT2D eigenvalue weighted by atomic mass is 35.5. The van der Waals surface area contributed by atoms with Crippen molar-refractivity contribution in [3.8, 4) is 0 Å². The number of nitrogens with two attached hydrogens (primary N) is 2. The Morgan fingerprint density at radius 3 is 0.769 bits per heavy atom. The summed E-state index contributed by atoms with van der Waals surface area (Å²) in [5.41, 5.74) is 5.35. The zero-order chi connectivity index (χ0) is 10.4. The van der Waals surface area contributed by atoms with Crippen molar-refractivity contribution in [1.29, 1.82) is 0 Å². The molecule has 0 aliphatic heterocycles. The summed E-state index contributed by atoms with van der Waals surface area (Å²) in [4.78, 5) is 0. The lowest BCUT2D eigenvalue weighted by Gasteiger charge is -2.14. The van der Waals surface area contributed by atoms with Gasteiger partial charge in [-0.2, -0.15) is 0 Å². The SMILES string of the molecule is CC(C)(C)NN.CC(C)(C)NN.Cl. The maximum absolute atomic E-state index is 5.06. The van der Waals surface area contributed by atoms with Crippen molar-refractivity contribution in [3.63, 3.8) is 0 Å². The van der Waals surface area contributed by atoms with Crippen molar-refractivity contribution < 1.29 is 0 Å². The number of nitrogens with one attached hydrogen (secondary N) is 2. The van der Waals surface area contributed by atoms with Crippen LogP contribution in [0.25, 0.3) is 0 Å². The molecule has 0 bridgehead atoms. The van der Waals surface area contributed by atoms with Crippen molar-refractivity contribution >= 4 is 12.4 Å². The van der Waals surface area contributed by atoms with Gasteiger partial charge in [-0.25, -0.2) is 0 Å². The number of halogens is 1. The van der Waals surface area contributed by atoms with Crippen LogP contribution in [0.4, 0.5) is 0 Å². The van der Waals surface area contributed by atoms with Crippen LogP contribution in [0.15, 0.2) is 0 Å². The Labute approximate surface area is 88.2 Å². The summed E-state index contributed by atoms with van der Waals surface area (Å²) >= 11 is 0. The Hall–Kier alpha value is 0.130. The molecule has 0 aromatic carbocycles. The van der Waals surface area contributed by atoms with Crippen molar-refractivity contribution in [1.82, 2.24) is 10.9 Å². The maximum atomic E-state index is 5.06. The van der Waals surface area contributed by atoms with Gasteiger partial charge in [0.2, 0.25) is 0 Å². The van der Waals surface area contributed by atoms with Gasteiger partial charge in [0.15, 0.2) is 0 Å². The predicted molar refractivity (Wildman–Crippen MR) is 61.4 cm³/mol. The van der Waals surface area contributed by atoms with E-state index in [2.05, 4.69) is 10.9 Å². The van der Waals surface area contributed by atoms with Crippen LogP contribution in [0.2, 0.25) is 0 Å². The third kappa shape index (κ3) is 33.1. The summed E-state index contributed by atoms with van der Waals surface area (Å²) < 4.78 is 0. The van der Waals surface area contributed by atoms with Gasteiger partial charge in [-0.05, 0) is 41.5 Å². The molecule has 0 aromatic rings. The van der Waals surface area contributed by atoms with Gasteiger partial charge in [0.05, 0.1) is 0 Å². The topological polar surface area (TPSA) is 76.1 Å². The van der Waals surface area contributed by atoms with Crippen LogP contribution in [-0.4, -0.2) is 11.1 Å². The highest BCUT2D eigenvalue weighted by molar-refractivity contribution is 5.85. The molecule has 0 saturated carbocycles. The second-order valence-electron chi connectivity index (χ2n) is 4.79. The lowest BCUT2D eigenvalue weighted by molar-refractivity contribution is 0.438. The fourth-order valence-electron chi connectivity index (χ4n) is 0. The summed E-state index contributed by atoms with van der Waals surface area (Å²) in [6.45, 7) is 12.0. The smallest absolute Gasteiger partial charge is 0.0236 e. The molecular formula is C8H25ClN4. The molecule has 0 spiro atoms. The van der Waals surface area contributed by atoms with E-state index in [0.29, 0.717) is 0 Å².